The van der Waals surface area contributed by atoms with E-state index in [0.29, 0.717) is 13.1 Å². The van der Waals surface area contributed by atoms with Crippen molar-refractivity contribution < 1.29 is 23.9 Å². The summed E-state index contributed by atoms with van der Waals surface area (Å²) in [6.45, 7) is 4.03. The molecule has 1 heterocycles. The molecule has 2 aromatic rings. The summed E-state index contributed by atoms with van der Waals surface area (Å²) in [6, 6.07) is 13.6. The number of carbonyl (C=O) groups is 4. The predicted octanol–water partition coefficient (Wildman–Crippen LogP) is 2.41. The molecule has 0 spiro atoms. The lowest BCUT2D eigenvalue weighted by atomic mass is 10.1. The van der Waals surface area contributed by atoms with Crippen molar-refractivity contribution in [2.45, 2.75) is 20.4 Å². The number of rotatable bonds is 7. The van der Waals surface area contributed by atoms with Crippen LogP contribution >= 0.6 is 0 Å². The molecule has 3 amide bonds. The van der Waals surface area contributed by atoms with E-state index in [1.807, 2.05) is 44.2 Å². The summed E-state index contributed by atoms with van der Waals surface area (Å²) in [5, 5.41) is 2.66. The van der Waals surface area contributed by atoms with Gasteiger partial charge in [0.1, 0.15) is 0 Å². The summed E-state index contributed by atoms with van der Waals surface area (Å²) in [4.78, 5) is 50.2. The molecule has 3 rings (SSSR count). The predicted molar refractivity (Wildman–Crippen MR) is 105 cm³/mol. The van der Waals surface area contributed by atoms with Gasteiger partial charge in [-0.3, -0.25) is 19.3 Å². The minimum Gasteiger partial charge on any atom is -0.452 e. The van der Waals surface area contributed by atoms with Crippen molar-refractivity contribution in [3.8, 4) is 0 Å². The largest absolute Gasteiger partial charge is 0.452 e. The van der Waals surface area contributed by atoms with Crippen LogP contribution in [-0.2, 0) is 16.1 Å². The first kappa shape index (κ1) is 20.3. The molecule has 0 saturated carbocycles. The first-order valence-corrected chi connectivity index (χ1v) is 9.35. The van der Waals surface area contributed by atoms with Crippen LogP contribution in [0.3, 0.4) is 0 Å². The van der Waals surface area contributed by atoms with Gasteiger partial charge in [-0.1, -0.05) is 44.2 Å². The zero-order valence-electron chi connectivity index (χ0n) is 16.3. The van der Waals surface area contributed by atoms with Crippen LogP contribution in [-0.4, -0.2) is 41.7 Å². The molecule has 7 nitrogen and oxygen atoms in total. The van der Waals surface area contributed by atoms with Gasteiger partial charge >= 0.3 is 5.97 Å². The lowest BCUT2D eigenvalue weighted by Crippen LogP contribution is -2.33. The maximum Gasteiger partial charge on any atom is 0.338 e. The maximum atomic E-state index is 12.5. The number of esters is 1. The molecule has 0 aromatic heterocycles. The van der Waals surface area contributed by atoms with Gasteiger partial charge in [-0.05, 0) is 29.7 Å². The second-order valence-corrected chi connectivity index (χ2v) is 7.21. The Hall–Kier alpha value is -3.48. The number of benzene rings is 2. The third-order valence-corrected chi connectivity index (χ3v) is 4.42. The normalized spacial score (nSPS) is 12.9. The summed E-state index contributed by atoms with van der Waals surface area (Å²) in [6.07, 6.45) is 0. The monoisotopic (exact) mass is 394 g/mol. The Morgan fingerprint density at radius 2 is 1.69 bits per heavy atom. The highest BCUT2D eigenvalue weighted by molar-refractivity contribution is 6.22. The fourth-order valence-electron chi connectivity index (χ4n) is 3.01. The van der Waals surface area contributed by atoms with Gasteiger partial charge in [0, 0.05) is 13.1 Å². The molecule has 1 aliphatic heterocycles. The van der Waals surface area contributed by atoms with E-state index >= 15 is 0 Å². The molecule has 0 bridgehead atoms. The van der Waals surface area contributed by atoms with Gasteiger partial charge in [-0.25, -0.2) is 4.79 Å². The highest BCUT2D eigenvalue weighted by Gasteiger charge is 2.36. The third kappa shape index (κ3) is 4.68. The van der Waals surface area contributed by atoms with Crippen molar-refractivity contribution in [3.63, 3.8) is 0 Å². The molecular weight excluding hydrogens is 372 g/mol. The molecule has 0 saturated heterocycles. The third-order valence-electron chi connectivity index (χ3n) is 4.42. The summed E-state index contributed by atoms with van der Waals surface area (Å²) >= 11 is 0. The Labute approximate surface area is 168 Å². The topological polar surface area (TPSA) is 92.8 Å². The molecule has 0 radical (unpaired) electrons. The van der Waals surface area contributed by atoms with E-state index < -0.39 is 24.4 Å². The standard InChI is InChI=1S/C22H22N2O5/c1-14(2)12-24-20(26)17-9-8-16(10-18(17)21(24)27)22(28)29-13-19(25)23-11-15-6-4-3-5-7-15/h3-10,14H,11-13H2,1-2H3,(H,23,25). The van der Waals surface area contributed by atoms with Gasteiger partial charge in [-0.15, -0.1) is 0 Å². The van der Waals surface area contributed by atoms with Crippen LogP contribution in [0.4, 0.5) is 0 Å². The fourth-order valence-corrected chi connectivity index (χ4v) is 3.01. The van der Waals surface area contributed by atoms with E-state index in [2.05, 4.69) is 5.32 Å². The second kappa shape index (κ2) is 8.68. The lowest BCUT2D eigenvalue weighted by molar-refractivity contribution is -0.124. The second-order valence-electron chi connectivity index (χ2n) is 7.21. The van der Waals surface area contributed by atoms with E-state index in [0.717, 1.165) is 5.56 Å². The van der Waals surface area contributed by atoms with Crippen molar-refractivity contribution in [1.29, 1.82) is 0 Å². The van der Waals surface area contributed by atoms with Crippen molar-refractivity contribution in [3.05, 3.63) is 70.8 Å². The molecule has 1 aliphatic rings. The van der Waals surface area contributed by atoms with Crippen LogP contribution in [0.15, 0.2) is 48.5 Å². The average molecular weight is 394 g/mol. The molecule has 0 aliphatic carbocycles. The van der Waals surface area contributed by atoms with Crippen molar-refractivity contribution >= 4 is 23.7 Å². The van der Waals surface area contributed by atoms with E-state index in [-0.39, 0.29) is 28.5 Å². The number of carbonyl (C=O) groups excluding carboxylic acids is 4. The average Bonchev–Trinajstić information content (AvgIpc) is 2.95. The summed E-state index contributed by atoms with van der Waals surface area (Å²) in [5.74, 6) is -1.81. The zero-order chi connectivity index (χ0) is 21.0. The molecule has 2 aromatic carbocycles. The van der Waals surface area contributed by atoms with Crippen LogP contribution in [0.1, 0.15) is 50.5 Å². The minimum absolute atomic E-state index is 0.118. The number of hydrogen-bond donors (Lipinski definition) is 1. The van der Waals surface area contributed by atoms with Crippen molar-refractivity contribution in [2.24, 2.45) is 5.92 Å². The van der Waals surface area contributed by atoms with Crippen LogP contribution in [0.25, 0.3) is 0 Å². The molecule has 0 fully saturated rings. The first-order valence-electron chi connectivity index (χ1n) is 9.35. The van der Waals surface area contributed by atoms with Crippen molar-refractivity contribution in [2.75, 3.05) is 13.2 Å². The maximum absolute atomic E-state index is 12.5. The molecule has 29 heavy (non-hydrogen) atoms. The van der Waals surface area contributed by atoms with Gasteiger partial charge in [0.15, 0.2) is 6.61 Å². The summed E-state index contributed by atoms with van der Waals surface area (Å²) in [7, 11) is 0. The van der Waals surface area contributed by atoms with Gasteiger partial charge in [0.25, 0.3) is 17.7 Å². The van der Waals surface area contributed by atoms with Crippen LogP contribution in [0.5, 0.6) is 0 Å². The highest BCUT2D eigenvalue weighted by Crippen LogP contribution is 2.25. The summed E-state index contributed by atoms with van der Waals surface area (Å²) < 4.78 is 5.03. The van der Waals surface area contributed by atoms with Gasteiger partial charge < -0.3 is 10.1 Å². The van der Waals surface area contributed by atoms with Crippen LogP contribution in [0.2, 0.25) is 0 Å². The number of nitrogens with zero attached hydrogens (tertiary/aromatic N) is 1. The van der Waals surface area contributed by atoms with E-state index in [9.17, 15) is 19.2 Å². The molecular formula is C22H22N2O5. The van der Waals surface area contributed by atoms with E-state index in [1.54, 1.807) is 0 Å². The Balaban J connectivity index is 1.59. The number of amides is 3. The number of imide groups is 1. The van der Waals surface area contributed by atoms with E-state index in [1.165, 1.54) is 23.1 Å². The Kier molecular flexibility index (Phi) is 6.07. The van der Waals surface area contributed by atoms with Crippen LogP contribution in [0, 0.1) is 5.92 Å². The summed E-state index contributed by atoms with van der Waals surface area (Å²) in [5.41, 5.74) is 1.50. The SMILES string of the molecule is CC(C)CN1C(=O)c2ccc(C(=O)OCC(=O)NCc3ccccc3)cc2C1=O. The Morgan fingerprint density at radius 1 is 1.00 bits per heavy atom. The van der Waals surface area contributed by atoms with Gasteiger partial charge in [0.05, 0.1) is 16.7 Å². The minimum atomic E-state index is -0.731. The zero-order valence-corrected chi connectivity index (χ0v) is 16.3. The Morgan fingerprint density at radius 3 is 2.38 bits per heavy atom. The Bertz CT molecular complexity index is 953. The molecule has 150 valence electrons. The quantitative estimate of drug-likeness (QED) is 0.575. The molecule has 0 atom stereocenters. The first-order chi connectivity index (χ1) is 13.9. The number of nitrogens with one attached hydrogen (secondary N) is 1. The number of fused-ring (bicyclic) bond motifs is 1. The molecule has 7 heteroatoms. The lowest BCUT2D eigenvalue weighted by Gasteiger charge is -2.15. The number of ether oxygens (including phenoxy) is 1. The fraction of sp³-hybridized carbons (Fsp3) is 0.273. The van der Waals surface area contributed by atoms with E-state index in [4.69, 9.17) is 4.74 Å². The van der Waals surface area contributed by atoms with Crippen LogP contribution < -0.4 is 5.32 Å². The smallest absolute Gasteiger partial charge is 0.338 e. The highest BCUT2D eigenvalue weighted by atomic mass is 16.5. The van der Waals surface area contributed by atoms with Gasteiger partial charge in [0.2, 0.25) is 0 Å². The molecule has 1 N–H and O–H groups in total. The number of hydrogen-bond acceptors (Lipinski definition) is 5. The van der Waals surface area contributed by atoms with Gasteiger partial charge in [-0.2, -0.15) is 0 Å². The van der Waals surface area contributed by atoms with Crippen molar-refractivity contribution in [1.82, 2.24) is 10.2 Å². The molecule has 0 unspecified atom stereocenters.